The van der Waals surface area contributed by atoms with Gasteiger partial charge < -0.3 is 14.4 Å². The van der Waals surface area contributed by atoms with Crippen molar-refractivity contribution < 1.29 is 27.5 Å². The Hall–Kier alpha value is -2.84. The highest BCUT2D eigenvalue weighted by molar-refractivity contribution is 7.94. The van der Waals surface area contributed by atoms with E-state index in [1.807, 2.05) is 13.0 Å². The summed E-state index contributed by atoms with van der Waals surface area (Å²) in [6.45, 7) is 1.71. The zero-order chi connectivity index (χ0) is 23.1. The van der Waals surface area contributed by atoms with Gasteiger partial charge in [0, 0.05) is 22.5 Å². The Morgan fingerprint density at radius 3 is 2.56 bits per heavy atom. The molecule has 0 saturated carbocycles. The number of para-hydroxylation sites is 1. The molecule has 2 aromatic rings. The van der Waals surface area contributed by atoms with E-state index in [4.69, 9.17) is 21.1 Å². The van der Waals surface area contributed by atoms with Crippen LogP contribution in [0.25, 0.3) is 0 Å². The van der Waals surface area contributed by atoms with Crippen LogP contribution in [0.1, 0.15) is 18.4 Å². The fourth-order valence-corrected chi connectivity index (χ4v) is 4.61. The van der Waals surface area contributed by atoms with Crippen LogP contribution in [0.15, 0.2) is 60.0 Å². The molecule has 7 nitrogen and oxygen atoms in total. The van der Waals surface area contributed by atoms with Crippen LogP contribution >= 0.6 is 11.6 Å². The number of halogens is 1. The molecule has 0 saturated heterocycles. The molecule has 1 atom stereocenters. The molecule has 0 bridgehead atoms. The zero-order valence-corrected chi connectivity index (χ0v) is 19.1. The minimum absolute atomic E-state index is 0.0862. The Labute approximate surface area is 192 Å². The van der Waals surface area contributed by atoms with Crippen molar-refractivity contribution in [2.24, 2.45) is 0 Å². The number of amides is 1. The van der Waals surface area contributed by atoms with Gasteiger partial charge in [0.15, 0.2) is 16.4 Å². The summed E-state index contributed by atoms with van der Waals surface area (Å²) in [5.41, 5.74) is 1.43. The quantitative estimate of drug-likeness (QED) is 0.404. The maximum atomic E-state index is 12.8. The minimum Gasteiger partial charge on any atom is -0.494 e. The molecule has 1 amide bonds. The summed E-state index contributed by atoms with van der Waals surface area (Å²) < 4.78 is 34.4. The lowest BCUT2D eigenvalue weighted by Gasteiger charge is -2.27. The molecule has 1 aliphatic heterocycles. The second-order valence-corrected chi connectivity index (χ2v) is 9.69. The summed E-state index contributed by atoms with van der Waals surface area (Å²) in [7, 11) is -3.36. The van der Waals surface area contributed by atoms with Crippen LogP contribution in [0, 0.1) is 6.92 Å². The van der Waals surface area contributed by atoms with Crippen LogP contribution in [0.5, 0.6) is 5.75 Å². The number of hydrogen-bond donors (Lipinski definition) is 0. The Kier molecular flexibility index (Phi) is 7.93. The zero-order valence-electron chi connectivity index (χ0n) is 17.6. The van der Waals surface area contributed by atoms with Gasteiger partial charge in [0.05, 0.1) is 18.4 Å². The topological polar surface area (TPSA) is 90.0 Å². The molecular formula is C23H24ClNO6S. The summed E-state index contributed by atoms with van der Waals surface area (Å²) in [6, 6.07) is 13.4. The van der Waals surface area contributed by atoms with Crippen LogP contribution in [0.4, 0.5) is 5.69 Å². The van der Waals surface area contributed by atoms with Gasteiger partial charge >= 0.3 is 5.97 Å². The molecular weight excluding hydrogens is 454 g/mol. The molecule has 1 heterocycles. The van der Waals surface area contributed by atoms with Crippen LogP contribution in [-0.4, -0.2) is 45.3 Å². The SMILES string of the molecule is Cc1cc(OCCCC(=O)OCC(=O)N(c2ccccc2)C2C=CS(=O)(=O)C2)ccc1Cl. The number of sulfone groups is 1. The van der Waals surface area contributed by atoms with Gasteiger partial charge in [-0.25, -0.2) is 8.42 Å². The number of benzene rings is 2. The fraction of sp³-hybridized carbons (Fsp3) is 0.304. The number of nitrogens with zero attached hydrogens (tertiary/aromatic N) is 1. The van der Waals surface area contributed by atoms with Crippen molar-refractivity contribution in [3.8, 4) is 5.75 Å². The van der Waals surface area contributed by atoms with Gasteiger partial charge in [-0.2, -0.15) is 0 Å². The van der Waals surface area contributed by atoms with Crippen molar-refractivity contribution in [1.29, 1.82) is 0 Å². The highest BCUT2D eigenvalue weighted by Crippen LogP contribution is 2.23. The van der Waals surface area contributed by atoms with Crippen molar-refractivity contribution in [2.45, 2.75) is 25.8 Å². The lowest BCUT2D eigenvalue weighted by atomic mass is 10.2. The molecule has 1 aliphatic rings. The van der Waals surface area contributed by atoms with Crippen molar-refractivity contribution in [2.75, 3.05) is 23.9 Å². The number of esters is 1. The summed E-state index contributed by atoms with van der Waals surface area (Å²) in [5.74, 6) is -0.571. The molecule has 0 aliphatic carbocycles. The van der Waals surface area contributed by atoms with Crippen molar-refractivity contribution >= 4 is 39.0 Å². The molecule has 170 valence electrons. The predicted molar refractivity (Wildman–Crippen MR) is 123 cm³/mol. The van der Waals surface area contributed by atoms with Gasteiger partial charge in [0.1, 0.15) is 5.75 Å². The van der Waals surface area contributed by atoms with E-state index in [2.05, 4.69) is 0 Å². The summed E-state index contributed by atoms with van der Waals surface area (Å²) in [4.78, 5) is 26.2. The van der Waals surface area contributed by atoms with Crippen LogP contribution in [-0.2, 0) is 24.2 Å². The number of ether oxygens (including phenoxy) is 2. The second kappa shape index (κ2) is 10.7. The fourth-order valence-electron chi connectivity index (χ4n) is 3.23. The number of hydrogen-bond acceptors (Lipinski definition) is 6. The molecule has 0 aromatic heterocycles. The van der Waals surface area contributed by atoms with E-state index in [-0.39, 0.29) is 12.2 Å². The maximum absolute atomic E-state index is 12.8. The normalized spacial score (nSPS) is 16.5. The molecule has 0 radical (unpaired) electrons. The average Bonchev–Trinajstić information content (AvgIpc) is 3.12. The van der Waals surface area contributed by atoms with E-state index in [9.17, 15) is 18.0 Å². The minimum atomic E-state index is -3.36. The summed E-state index contributed by atoms with van der Waals surface area (Å²) in [6.07, 6.45) is 1.97. The first-order valence-corrected chi connectivity index (χ1v) is 12.2. The Balaban J connectivity index is 1.49. The number of anilines is 1. The Bertz CT molecular complexity index is 1100. The lowest BCUT2D eigenvalue weighted by Crippen LogP contribution is -2.43. The van der Waals surface area contributed by atoms with E-state index in [0.29, 0.717) is 29.5 Å². The lowest BCUT2D eigenvalue weighted by molar-refractivity contribution is -0.148. The van der Waals surface area contributed by atoms with Gasteiger partial charge in [-0.15, -0.1) is 0 Å². The van der Waals surface area contributed by atoms with E-state index in [0.717, 1.165) is 11.0 Å². The third-order valence-corrected chi connectivity index (χ3v) is 6.63. The van der Waals surface area contributed by atoms with Crippen LogP contribution < -0.4 is 9.64 Å². The number of carbonyl (C=O) groups is 2. The molecule has 3 rings (SSSR count). The van der Waals surface area contributed by atoms with Gasteiger partial charge in [-0.1, -0.05) is 29.8 Å². The number of rotatable bonds is 9. The van der Waals surface area contributed by atoms with Crippen LogP contribution in [0.2, 0.25) is 5.02 Å². The maximum Gasteiger partial charge on any atom is 0.306 e. The summed E-state index contributed by atoms with van der Waals surface area (Å²) in [5, 5.41) is 1.76. The van der Waals surface area contributed by atoms with Gasteiger partial charge in [0.2, 0.25) is 0 Å². The van der Waals surface area contributed by atoms with Gasteiger partial charge in [-0.3, -0.25) is 9.59 Å². The molecule has 0 fully saturated rings. The van der Waals surface area contributed by atoms with Gasteiger partial charge in [-0.05, 0) is 55.3 Å². The molecule has 32 heavy (non-hydrogen) atoms. The molecule has 9 heteroatoms. The van der Waals surface area contributed by atoms with E-state index in [1.165, 1.54) is 11.0 Å². The van der Waals surface area contributed by atoms with E-state index in [1.54, 1.807) is 42.5 Å². The first-order valence-electron chi connectivity index (χ1n) is 10.1. The molecule has 2 aromatic carbocycles. The number of carbonyl (C=O) groups excluding carboxylic acids is 2. The van der Waals surface area contributed by atoms with Crippen molar-refractivity contribution in [3.63, 3.8) is 0 Å². The highest BCUT2D eigenvalue weighted by atomic mass is 35.5. The smallest absolute Gasteiger partial charge is 0.306 e. The third-order valence-electron chi connectivity index (χ3n) is 4.83. The predicted octanol–water partition coefficient (Wildman–Crippen LogP) is 3.69. The largest absolute Gasteiger partial charge is 0.494 e. The van der Waals surface area contributed by atoms with E-state index < -0.39 is 34.4 Å². The van der Waals surface area contributed by atoms with Crippen molar-refractivity contribution in [3.05, 3.63) is 70.6 Å². The van der Waals surface area contributed by atoms with E-state index >= 15 is 0 Å². The van der Waals surface area contributed by atoms with Crippen LogP contribution in [0.3, 0.4) is 0 Å². The Morgan fingerprint density at radius 2 is 1.91 bits per heavy atom. The standard InChI is InChI=1S/C23H24ClNO6S/c1-17-14-20(9-10-21(17)24)30-12-5-8-23(27)31-15-22(26)25(18-6-3-2-4-7-18)19-11-13-32(28,29)16-19/h2-4,6-7,9-11,13-14,19H,5,8,12,15-16H2,1H3. The second-order valence-electron chi connectivity index (χ2n) is 7.35. The third kappa shape index (κ3) is 6.58. The first-order chi connectivity index (χ1) is 15.2. The summed E-state index contributed by atoms with van der Waals surface area (Å²) >= 11 is 5.98. The monoisotopic (exact) mass is 477 g/mol. The Morgan fingerprint density at radius 1 is 1.16 bits per heavy atom. The average molecular weight is 478 g/mol. The van der Waals surface area contributed by atoms with Crippen molar-refractivity contribution in [1.82, 2.24) is 0 Å². The van der Waals surface area contributed by atoms with Gasteiger partial charge in [0.25, 0.3) is 5.91 Å². The molecule has 0 N–H and O–H groups in total. The molecule has 1 unspecified atom stereocenters. The number of aryl methyl sites for hydroxylation is 1. The highest BCUT2D eigenvalue weighted by Gasteiger charge is 2.31. The molecule has 0 spiro atoms. The first kappa shape index (κ1) is 23.8.